The van der Waals surface area contributed by atoms with Crippen LogP contribution < -0.4 is 10.3 Å². The number of rotatable bonds is 4. The Bertz CT molecular complexity index is 866. The molecule has 1 aromatic heterocycles. The maximum atomic E-state index is 12.6. The van der Waals surface area contributed by atoms with Crippen LogP contribution in [0, 0.1) is 27.7 Å². The van der Waals surface area contributed by atoms with E-state index >= 15 is 0 Å². The second kappa shape index (κ2) is 6.64. The fourth-order valence-corrected chi connectivity index (χ4v) is 3.86. The van der Waals surface area contributed by atoms with E-state index in [1.807, 2.05) is 19.9 Å². The summed E-state index contributed by atoms with van der Waals surface area (Å²) in [6, 6.07) is 3.76. The van der Waals surface area contributed by atoms with Crippen molar-refractivity contribution < 1.29 is 21.6 Å². The fourth-order valence-electron chi connectivity index (χ4n) is 2.39. The molecule has 5 nitrogen and oxygen atoms in total. The van der Waals surface area contributed by atoms with E-state index in [1.54, 1.807) is 13.8 Å². The molecule has 0 aliphatic rings. The monoisotopic (exact) mass is 373 g/mol. The molecule has 0 bridgehead atoms. The Morgan fingerprint density at radius 2 is 1.56 bits per heavy atom. The Morgan fingerprint density at radius 3 is 2.00 bits per heavy atom. The highest BCUT2D eigenvalue weighted by Crippen LogP contribution is 2.29. The van der Waals surface area contributed by atoms with Crippen molar-refractivity contribution >= 4 is 15.8 Å². The molecule has 0 amide bonds. The predicted octanol–water partition coefficient (Wildman–Crippen LogP) is 3.64. The van der Waals surface area contributed by atoms with Gasteiger partial charge in [0.05, 0.1) is 10.5 Å². The second-order valence-corrected chi connectivity index (χ2v) is 7.37. The van der Waals surface area contributed by atoms with Crippen molar-refractivity contribution in [1.82, 2.24) is 9.82 Å². The van der Waals surface area contributed by atoms with Gasteiger partial charge in [-0.15, -0.1) is 4.83 Å². The quantitative estimate of drug-likeness (QED) is 0.803. The summed E-state index contributed by atoms with van der Waals surface area (Å²) >= 11 is 0. The van der Waals surface area contributed by atoms with E-state index in [0.29, 0.717) is 17.3 Å². The highest BCUT2D eigenvalue weighted by atomic mass is 32.2. The van der Waals surface area contributed by atoms with E-state index in [1.165, 1.54) is 0 Å². The lowest BCUT2D eigenvalue weighted by Crippen LogP contribution is -2.31. The number of benzene rings is 1. The van der Waals surface area contributed by atoms with Crippen LogP contribution in [0.3, 0.4) is 0 Å². The molecule has 136 valence electrons. The van der Waals surface area contributed by atoms with E-state index < -0.39 is 21.8 Å². The van der Waals surface area contributed by atoms with Crippen LogP contribution in [0.5, 0.6) is 0 Å². The molecular formula is C16H18F3N3O2S. The van der Waals surface area contributed by atoms with Gasteiger partial charge in [0.25, 0.3) is 10.0 Å². The summed E-state index contributed by atoms with van der Waals surface area (Å²) in [6.45, 7) is 7.02. The standard InChI is InChI=1S/C16H18F3N3O2S/c1-9-7-10(2)12(4)15(11(9)3)25(23,24)22-21-14-6-5-13(8-20-14)16(17,18)19/h5-8,22H,1-4H3,(H,20,21). The minimum atomic E-state index is -4.50. The number of halogens is 3. The third-order valence-corrected chi connectivity index (χ3v) is 5.49. The highest BCUT2D eigenvalue weighted by molar-refractivity contribution is 7.89. The molecule has 0 saturated heterocycles. The van der Waals surface area contributed by atoms with E-state index in [2.05, 4.69) is 15.2 Å². The molecule has 0 aliphatic heterocycles. The van der Waals surface area contributed by atoms with Crippen LogP contribution >= 0.6 is 0 Å². The van der Waals surface area contributed by atoms with Crippen LogP contribution in [0.15, 0.2) is 29.3 Å². The van der Waals surface area contributed by atoms with Crippen molar-refractivity contribution in [1.29, 1.82) is 0 Å². The van der Waals surface area contributed by atoms with Gasteiger partial charge in [-0.2, -0.15) is 13.2 Å². The van der Waals surface area contributed by atoms with Crippen LogP contribution in [-0.2, 0) is 16.2 Å². The molecule has 0 radical (unpaired) electrons. The first kappa shape index (κ1) is 19.2. The molecule has 25 heavy (non-hydrogen) atoms. The Hall–Kier alpha value is -2.13. The third kappa shape index (κ3) is 4.10. The molecule has 1 heterocycles. The highest BCUT2D eigenvalue weighted by Gasteiger charge is 2.30. The van der Waals surface area contributed by atoms with Crippen LogP contribution in [0.2, 0.25) is 0 Å². The summed E-state index contributed by atoms with van der Waals surface area (Å²) in [5.74, 6) is -0.0451. The normalized spacial score (nSPS) is 12.3. The van der Waals surface area contributed by atoms with Gasteiger partial charge >= 0.3 is 6.18 Å². The van der Waals surface area contributed by atoms with Crippen molar-refractivity contribution in [2.24, 2.45) is 0 Å². The number of alkyl halides is 3. The zero-order valence-corrected chi connectivity index (χ0v) is 14.9. The van der Waals surface area contributed by atoms with Crippen LogP contribution in [0.25, 0.3) is 0 Å². The average Bonchev–Trinajstić information content (AvgIpc) is 2.51. The molecule has 2 aromatic rings. The first-order chi connectivity index (χ1) is 11.4. The second-order valence-electron chi connectivity index (χ2n) is 5.75. The summed E-state index contributed by atoms with van der Waals surface area (Å²) in [7, 11) is -3.93. The molecule has 0 spiro atoms. The number of aromatic nitrogens is 1. The molecule has 2 rings (SSSR count). The van der Waals surface area contributed by atoms with Gasteiger partial charge in [-0.3, -0.25) is 5.43 Å². The summed E-state index contributed by atoms with van der Waals surface area (Å²) in [5, 5.41) is 0. The summed E-state index contributed by atoms with van der Waals surface area (Å²) < 4.78 is 62.7. The fraction of sp³-hybridized carbons (Fsp3) is 0.312. The lowest BCUT2D eigenvalue weighted by atomic mass is 10.0. The number of hydrogen-bond donors (Lipinski definition) is 2. The Kier molecular flexibility index (Phi) is 5.10. The number of anilines is 1. The Morgan fingerprint density at radius 1 is 1.00 bits per heavy atom. The summed E-state index contributed by atoms with van der Waals surface area (Å²) in [6.07, 6.45) is -3.87. The molecule has 1 aromatic carbocycles. The molecule has 0 saturated carbocycles. The van der Waals surface area contributed by atoms with E-state index in [-0.39, 0.29) is 10.7 Å². The zero-order valence-electron chi connectivity index (χ0n) is 14.1. The topological polar surface area (TPSA) is 71.1 Å². The number of nitrogens with one attached hydrogen (secondary N) is 2. The molecular weight excluding hydrogens is 355 g/mol. The van der Waals surface area contributed by atoms with Gasteiger partial charge in [-0.05, 0) is 62.1 Å². The molecule has 0 atom stereocenters. The van der Waals surface area contributed by atoms with Gasteiger partial charge in [0, 0.05) is 6.20 Å². The van der Waals surface area contributed by atoms with Crippen molar-refractivity contribution in [3.63, 3.8) is 0 Å². The summed E-state index contributed by atoms with van der Waals surface area (Å²) in [5.41, 5.74) is 4.30. The number of sulfonamides is 1. The molecule has 0 aliphatic carbocycles. The van der Waals surface area contributed by atoms with Crippen LogP contribution in [-0.4, -0.2) is 13.4 Å². The van der Waals surface area contributed by atoms with E-state index in [0.717, 1.165) is 23.3 Å². The van der Waals surface area contributed by atoms with Gasteiger partial charge in [-0.1, -0.05) is 6.07 Å². The predicted molar refractivity (Wildman–Crippen MR) is 88.6 cm³/mol. The maximum absolute atomic E-state index is 12.6. The Balaban J connectivity index is 2.26. The largest absolute Gasteiger partial charge is 0.417 e. The van der Waals surface area contributed by atoms with Gasteiger partial charge in [0.15, 0.2) is 0 Å². The number of hydrazine groups is 1. The minimum Gasteiger partial charge on any atom is -0.292 e. The molecule has 2 N–H and O–H groups in total. The number of pyridine rings is 1. The number of hydrogen-bond acceptors (Lipinski definition) is 4. The average molecular weight is 373 g/mol. The smallest absolute Gasteiger partial charge is 0.292 e. The van der Waals surface area contributed by atoms with Crippen molar-refractivity contribution in [2.75, 3.05) is 5.43 Å². The molecule has 0 fully saturated rings. The van der Waals surface area contributed by atoms with Gasteiger partial charge < -0.3 is 0 Å². The van der Waals surface area contributed by atoms with Crippen LogP contribution in [0.4, 0.5) is 19.0 Å². The van der Waals surface area contributed by atoms with Gasteiger partial charge in [-0.25, -0.2) is 13.4 Å². The van der Waals surface area contributed by atoms with E-state index in [4.69, 9.17) is 0 Å². The van der Waals surface area contributed by atoms with E-state index in [9.17, 15) is 21.6 Å². The Labute approximate surface area is 144 Å². The third-order valence-electron chi connectivity index (χ3n) is 3.97. The summed E-state index contributed by atoms with van der Waals surface area (Å²) in [4.78, 5) is 5.87. The molecule has 9 heteroatoms. The van der Waals surface area contributed by atoms with Crippen LogP contribution in [0.1, 0.15) is 27.8 Å². The van der Waals surface area contributed by atoms with Crippen molar-refractivity contribution in [2.45, 2.75) is 38.8 Å². The number of aryl methyl sites for hydroxylation is 2. The van der Waals surface area contributed by atoms with Gasteiger partial charge in [0.1, 0.15) is 5.82 Å². The SMILES string of the molecule is Cc1cc(C)c(C)c(S(=O)(=O)NNc2ccc(C(F)(F)F)cn2)c1C. The molecule has 0 unspecified atom stereocenters. The minimum absolute atomic E-state index is 0.0451. The lowest BCUT2D eigenvalue weighted by molar-refractivity contribution is -0.137. The van der Waals surface area contributed by atoms with Crippen molar-refractivity contribution in [3.8, 4) is 0 Å². The lowest BCUT2D eigenvalue weighted by Gasteiger charge is -2.16. The van der Waals surface area contributed by atoms with Gasteiger partial charge in [0.2, 0.25) is 0 Å². The first-order valence-electron chi connectivity index (χ1n) is 7.32. The number of nitrogens with zero attached hydrogens (tertiary/aromatic N) is 1. The first-order valence-corrected chi connectivity index (χ1v) is 8.80. The van der Waals surface area contributed by atoms with Crippen molar-refractivity contribution in [3.05, 3.63) is 52.2 Å². The zero-order chi connectivity index (χ0) is 19.0. The maximum Gasteiger partial charge on any atom is 0.417 e.